The molecule has 2 rings (SSSR count). The zero-order valence-corrected chi connectivity index (χ0v) is 14.0. The summed E-state index contributed by atoms with van der Waals surface area (Å²) in [5, 5.41) is 4.02. The summed E-state index contributed by atoms with van der Waals surface area (Å²) in [4.78, 5) is 14.1. The number of hydrogen-bond donors (Lipinski definition) is 1. The Bertz CT molecular complexity index is 654. The third kappa shape index (κ3) is 4.71. The quantitative estimate of drug-likeness (QED) is 0.631. The van der Waals surface area contributed by atoms with E-state index in [1.54, 1.807) is 6.21 Å². The third-order valence-corrected chi connectivity index (χ3v) is 3.82. The van der Waals surface area contributed by atoms with Gasteiger partial charge in [0.15, 0.2) is 0 Å². The van der Waals surface area contributed by atoms with Gasteiger partial charge in [0, 0.05) is 37.7 Å². The number of nitrogens with one attached hydrogen (secondary N) is 1. The summed E-state index contributed by atoms with van der Waals surface area (Å²) in [7, 11) is 1.92. The van der Waals surface area contributed by atoms with E-state index in [1.165, 1.54) is 5.69 Å². The molecule has 5 heteroatoms. The van der Waals surface area contributed by atoms with Crippen LogP contribution in [0.25, 0.3) is 0 Å². The number of nitrogens with zero attached hydrogens (tertiary/aromatic N) is 3. The molecule has 0 aliphatic rings. The van der Waals surface area contributed by atoms with Gasteiger partial charge < -0.3 is 9.47 Å². The lowest BCUT2D eigenvalue weighted by Gasteiger charge is -2.20. The number of benzene rings is 1. The van der Waals surface area contributed by atoms with Gasteiger partial charge in [0.25, 0.3) is 0 Å². The summed E-state index contributed by atoms with van der Waals surface area (Å²) in [5.74, 6) is -0.122. The van der Waals surface area contributed by atoms with Gasteiger partial charge in [-0.25, -0.2) is 5.43 Å². The van der Waals surface area contributed by atoms with Crippen molar-refractivity contribution in [3.8, 4) is 0 Å². The number of hydrazone groups is 1. The van der Waals surface area contributed by atoms with Gasteiger partial charge in [0.1, 0.15) is 0 Å². The van der Waals surface area contributed by atoms with Gasteiger partial charge in [0.2, 0.25) is 5.91 Å². The number of anilines is 1. The molecule has 0 radical (unpaired) electrons. The largest absolute Gasteiger partial charge is 0.372 e. The average molecular weight is 312 g/mol. The molecule has 1 aromatic carbocycles. The molecule has 0 aliphatic carbocycles. The summed E-state index contributed by atoms with van der Waals surface area (Å²) in [6.07, 6.45) is 3.90. The summed E-state index contributed by atoms with van der Waals surface area (Å²) in [6, 6.07) is 12.0. The Morgan fingerprint density at radius 1 is 1.22 bits per heavy atom. The second kappa shape index (κ2) is 8.17. The van der Waals surface area contributed by atoms with E-state index in [4.69, 9.17) is 0 Å². The van der Waals surface area contributed by atoms with Crippen molar-refractivity contribution in [3.05, 3.63) is 53.9 Å². The first kappa shape index (κ1) is 16.8. The van der Waals surface area contributed by atoms with Crippen LogP contribution in [0.3, 0.4) is 0 Å². The van der Waals surface area contributed by atoms with Crippen LogP contribution in [0.2, 0.25) is 0 Å². The molecule has 0 saturated carbocycles. The average Bonchev–Trinajstić information content (AvgIpc) is 2.95. The Kier molecular flexibility index (Phi) is 5.97. The van der Waals surface area contributed by atoms with Crippen molar-refractivity contribution in [2.24, 2.45) is 12.1 Å². The summed E-state index contributed by atoms with van der Waals surface area (Å²) in [5.41, 5.74) is 5.68. The fourth-order valence-electron chi connectivity index (χ4n) is 2.42. The zero-order chi connectivity index (χ0) is 16.7. The molecule has 2 aromatic rings. The van der Waals surface area contributed by atoms with Crippen LogP contribution in [0.1, 0.15) is 25.1 Å². The Morgan fingerprint density at radius 3 is 2.48 bits per heavy atom. The molecule has 0 spiro atoms. The van der Waals surface area contributed by atoms with Crippen LogP contribution < -0.4 is 10.3 Å². The standard InChI is InChI=1S/C18H24N4O/c1-4-22(5-2)16-10-8-15(9-11-16)14-19-20-18(23)13-17-7-6-12-21(17)3/h6-12,14H,4-5,13H2,1-3H3,(H,20,23)/b19-14+. The van der Waals surface area contributed by atoms with Crippen molar-refractivity contribution < 1.29 is 4.79 Å². The van der Waals surface area contributed by atoms with E-state index in [0.29, 0.717) is 6.42 Å². The Morgan fingerprint density at radius 2 is 1.91 bits per heavy atom. The number of aryl methyl sites for hydroxylation is 1. The Labute approximate surface area is 137 Å². The van der Waals surface area contributed by atoms with Crippen molar-refractivity contribution >= 4 is 17.8 Å². The zero-order valence-electron chi connectivity index (χ0n) is 14.0. The minimum Gasteiger partial charge on any atom is -0.372 e. The highest BCUT2D eigenvalue weighted by atomic mass is 16.2. The van der Waals surface area contributed by atoms with E-state index in [-0.39, 0.29) is 5.91 Å². The van der Waals surface area contributed by atoms with Crippen molar-refractivity contribution in [3.63, 3.8) is 0 Å². The monoisotopic (exact) mass is 312 g/mol. The molecule has 1 N–H and O–H groups in total. The number of carbonyl (C=O) groups excluding carboxylic acids is 1. The first-order valence-electron chi connectivity index (χ1n) is 7.91. The van der Waals surface area contributed by atoms with Crippen molar-refractivity contribution in [1.29, 1.82) is 0 Å². The lowest BCUT2D eigenvalue weighted by molar-refractivity contribution is -0.120. The molecule has 0 aliphatic heterocycles. The Hall–Kier alpha value is -2.56. The van der Waals surface area contributed by atoms with Crippen LogP contribution in [0.15, 0.2) is 47.7 Å². The summed E-state index contributed by atoms with van der Waals surface area (Å²) >= 11 is 0. The van der Waals surface area contributed by atoms with Gasteiger partial charge in [0.05, 0.1) is 12.6 Å². The minimum absolute atomic E-state index is 0.122. The van der Waals surface area contributed by atoms with E-state index in [9.17, 15) is 4.79 Å². The minimum atomic E-state index is -0.122. The molecule has 122 valence electrons. The fourth-order valence-corrected chi connectivity index (χ4v) is 2.42. The topological polar surface area (TPSA) is 49.6 Å². The van der Waals surface area contributed by atoms with Crippen LogP contribution in [-0.2, 0) is 18.3 Å². The van der Waals surface area contributed by atoms with Gasteiger partial charge >= 0.3 is 0 Å². The number of hydrogen-bond acceptors (Lipinski definition) is 3. The van der Waals surface area contributed by atoms with Gasteiger partial charge in [-0.2, -0.15) is 5.10 Å². The van der Waals surface area contributed by atoms with Crippen LogP contribution in [-0.4, -0.2) is 29.8 Å². The van der Waals surface area contributed by atoms with Gasteiger partial charge in [-0.3, -0.25) is 4.79 Å². The van der Waals surface area contributed by atoms with E-state index in [2.05, 4.69) is 41.4 Å². The second-order valence-corrected chi connectivity index (χ2v) is 5.34. The van der Waals surface area contributed by atoms with Crippen molar-refractivity contribution in [2.75, 3.05) is 18.0 Å². The maximum Gasteiger partial charge on any atom is 0.245 e. The van der Waals surface area contributed by atoms with Crippen LogP contribution >= 0.6 is 0 Å². The number of rotatable bonds is 7. The van der Waals surface area contributed by atoms with Crippen LogP contribution in [0, 0.1) is 0 Å². The SMILES string of the molecule is CCN(CC)c1ccc(/C=N/NC(=O)Cc2cccn2C)cc1. The smallest absolute Gasteiger partial charge is 0.245 e. The number of amides is 1. The summed E-state index contributed by atoms with van der Waals surface area (Å²) in [6.45, 7) is 6.25. The van der Waals surface area contributed by atoms with Crippen LogP contribution in [0.4, 0.5) is 5.69 Å². The summed E-state index contributed by atoms with van der Waals surface area (Å²) < 4.78 is 1.93. The number of aromatic nitrogens is 1. The van der Waals surface area contributed by atoms with Gasteiger partial charge in [-0.1, -0.05) is 12.1 Å². The highest BCUT2D eigenvalue weighted by Gasteiger charge is 2.04. The lowest BCUT2D eigenvalue weighted by atomic mass is 10.2. The molecule has 0 atom stereocenters. The molecule has 0 bridgehead atoms. The number of carbonyl (C=O) groups is 1. The lowest BCUT2D eigenvalue weighted by Crippen LogP contribution is -2.21. The molecular formula is C18H24N4O. The molecule has 23 heavy (non-hydrogen) atoms. The molecule has 0 unspecified atom stereocenters. The fraction of sp³-hybridized carbons (Fsp3) is 0.333. The molecule has 0 fully saturated rings. The molecular weight excluding hydrogens is 288 g/mol. The molecule has 1 aromatic heterocycles. The predicted octanol–water partition coefficient (Wildman–Crippen LogP) is 2.56. The van der Waals surface area contributed by atoms with Crippen molar-refractivity contribution in [1.82, 2.24) is 9.99 Å². The van der Waals surface area contributed by atoms with E-state index in [1.807, 2.05) is 42.1 Å². The van der Waals surface area contributed by atoms with Crippen LogP contribution in [0.5, 0.6) is 0 Å². The molecule has 0 saturated heterocycles. The van der Waals surface area contributed by atoms with Gasteiger partial charge in [-0.15, -0.1) is 0 Å². The normalized spacial score (nSPS) is 10.9. The van der Waals surface area contributed by atoms with E-state index >= 15 is 0 Å². The molecule has 5 nitrogen and oxygen atoms in total. The van der Waals surface area contributed by atoms with Crippen molar-refractivity contribution in [2.45, 2.75) is 20.3 Å². The maximum atomic E-state index is 11.8. The van der Waals surface area contributed by atoms with E-state index < -0.39 is 0 Å². The third-order valence-electron chi connectivity index (χ3n) is 3.82. The molecule has 1 amide bonds. The maximum absolute atomic E-state index is 11.8. The second-order valence-electron chi connectivity index (χ2n) is 5.34. The first-order valence-corrected chi connectivity index (χ1v) is 7.91. The van der Waals surface area contributed by atoms with Gasteiger partial charge in [-0.05, 0) is 43.7 Å². The Balaban J connectivity index is 1.88. The van der Waals surface area contributed by atoms with E-state index in [0.717, 1.165) is 24.3 Å². The highest BCUT2D eigenvalue weighted by molar-refractivity contribution is 5.83. The highest BCUT2D eigenvalue weighted by Crippen LogP contribution is 2.13. The first-order chi connectivity index (χ1) is 11.1. The predicted molar refractivity (Wildman–Crippen MR) is 94.9 cm³/mol. The molecule has 1 heterocycles.